The van der Waals surface area contributed by atoms with Crippen LogP contribution in [0.25, 0.3) is 11.0 Å². The van der Waals surface area contributed by atoms with E-state index in [1.54, 1.807) is 12.4 Å². The second kappa shape index (κ2) is 15.3. The van der Waals surface area contributed by atoms with Crippen molar-refractivity contribution in [2.45, 2.75) is 94.7 Å². The molecule has 4 aromatic rings. The lowest BCUT2D eigenvalue weighted by atomic mass is 9.91. The first-order valence-electron chi connectivity index (χ1n) is 18.6. The van der Waals surface area contributed by atoms with Gasteiger partial charge in [-0.25, -0.2) is 0 Å². The van der Waals surface area contributed by atoms with E-state index in [9.17, 15) is 19.8 Å². The van der Waals surface area contributed by atoms with Crippen molar-refractivity contribution in [3.63, 3.8) is 0 Å². The standard InChI is InChI=1S/C41H51N5O5/c1-41(2,37-23-30-24-42-17-16-36(30)51-37)46-19-18-45(34(26-46)40(50)43-31-13-7-8-14-31)25-32(47)21-29(20-27-10-4-3-5-11-27)39(49)44-38-33-15-9-6-12-28(33)22-35(38)48/h3-6,9-12,15-17,23-24,29,31-32,34-35,38,47-48H,7-8,13-14,18-22,25-26H2,1-2H3,(H,43,50)(H,44,49)/t29-,32+,34+,35-,38+/m1/s1. The van der Waals surface area contributed by atoms with E-state index < -0.39 is 35.7 Å². The molecule has 3 aliphatic rings. The average Bonchev–Trinajstić information content (AvgIpc) is 3.88. The first kappa shape index (κ1) is 35.3. The fraction of sp³-hybridized carbons (Fsp3) is 0.488. The van der Waals surface area contributed by atoms with Gasteiger partial charge in [0.15, 0.2) is 0 Å². The van der Waals surface area contributed by atoms with E-state index in [-0.39, 0.29) is 30.8 Å². The molecule has 3 heterocycles. The Morgan fingerprint density at radius 3 is 2.57 bits per heavy atom. The van der Waals surface area contributed by atoms with Crippen molar-refractivity contribution in [1.82, 2.24) is 25.4 Å². The zero-order chi connectivity index (χ0) is 35.5. The zero-order valence-electron chi connectivity index (χ0n) is 29.7. The smallest absolute Gasteiger partial charge is 0.238 e. The number of benzene rings is 2. The Bertz CT molecular complexity index is 1770. The Kier molecular flexibility index (Phi) is 10.6. The Balaban J connectivity index is 1.07. The van der Waals surface area contributed by atoms with Gasteiger partial charge in [-0.2, -0.15) is 0 Å². The topological polar surface area (TPSA) is 131 Å². The van der Waals surface area contributed by atoms with E-state index in [2.05, 4.69) is 39.3 Å². The van der Waals surface area contributed by atoms with E-state index in [0.717, 1.165) is 59.1 Å². The van der Waals surface area contributed by atoms with Crippen LogP contribution in [0.5, 0.6) is 0 Å². The van der Waals surface area contributed by atoms with Gasteiger partial charge >= 0.3 is 0 Å². The van der Waals surface area contributed by atoms with Gasteiger partial charge in [-0.1, -0.05) is 67.4 Å². The minimum absolute atomic E-state index is 0.0177. The number of aromatic nitrogens is 1. The maximum atomic E-state index is 14.0. The van der Waals surface area contributed by atoms with Crippen molar-refractivity contribution in [3.05, 3.63) is 102 Å². The minimum atomic E-state index is -0.852. The van der Waals surface area contributed by atoms with E-state index in [1.807, 2.05) is 66.7 Å². The van der Waals surface area contributed by atoms with Crippen LogP contribution in [0, 0.1) is 5.92 Å². The first-order valence-corrected chi connectivity index (χ1v) is 18.6. The molecule has 2 aliphatic carbocycles. The van der Waals surface area contributed by atoms with Gasteiger partial charge in [0.2, 0.25) is 11.8 Å². The van der Waals surface area contributed by atoms with Crippen LogP contribution in [0.15, 0.2) is 83.5 Å². The van der Waals surface area contributed by atoms with Crippen LogP contribution in [0.3, 0.4) is 0 Å². The van der Waals surface area contributed by atoms with Gasteiger partial charge in [-0.05, 0) is 68.4 Å². The van der Waals surface area contributed by atoms with Crippen LogP contribution in [-0.2, 0) is 28.0 Å². The molecule has 0 bridgehead atoms. The second-order valence-electron chi connectivity index (χ2n) is 15.3. The highest BCUT2D eigenvalue weighted by Crippen LogP contribution is 2.35. The summed E-state index contributed by atoms with van der Waals surface area (Å²) >= 11 is 0. The number of aliphatic hydroxyl groups is 2. The second-order valence-corrected chi connectivity index (χ2v) is 15.3. The van der Waals surface area contributed by atoms with Crippen LogP contribution >= 0.6 is 0 Å². The third-order valence-electron chi connectivity index (χ3n) is 11.4. The molecule has 0 spiro atoms. The summed E-state index contributed by atoms with van der Waals surface area (Å²) in [6.07, 6.45) is 7.35. The van der Waals surface area contributed by atoms with Gasteiger partial charge in [0.25, 0.3) is 0 Å². The summed E-state index contributed by atoms with van der Waals surface area (Å²) in [5.74, 6) is 0.0762. The van der Waals surface area contributed by atoms with Crippen molar-refractivity contribution in [2.75, 3.05) is 26.2 Å². The molecule has 10 nitrogen and oxygen atoms in total. The van der Waals surface area contributed by atoms with Gasteiger partial charge in [0, 0.05) is 62.3 Å². The monoisotopic (exact) mass is 693 g/mol. The van der Waals surface area contributed by atoms with Crippen LogP contribution in [0.1, 0.15) is 74.4 Å². The number of piperazine rings is 1. The number of β-amino-alcohol motifs (C(OH)–C–C–N with tert-alkyl or cyclic N) is 1. The third kappa shape index (κ3) is 7.89. The molecule has 4 N–H and O–H groups in total. The maximum Gasteiger partial charge on any atom is 0.238 e. The Morgan fingerprint density at radius 1 is 1.02 bits per heavy atom. The maximum absolute atomic E-state index is 14.0. The SMILES string of the molecule is CC(C)(c1cc2cnccc2o1)N1CCN(C[C@@H](O)C[C@@H](Cc2ccccc2)C(=O)N[C@H]2c3ccccc3C[C@H]2O)[C@H](C(=O)NC2CCCC2)C1. The van der Waals surface area contributed by atoms with Gasteiger partial charge in [0.05, 0.1) is 23.8 Å². The Hall–Kier alpha value is -4.09. The molecule has 0 unspecified atom stereocenters. The summed E-state index contributed by atoms with van der Waals surface area (Å²) in [5, 5.41) is 30.0. The first-order chi connectivity index (χ1) is 24.7. The van der Waals surface area contributed by atoms with E-state index in [0.29, 0.717) is 32.5 Å². The number of fused-ring (bicyclic) bond motifs is 2. The molecule has 2 amide bonds. The summed E-state index contributed by atoms with van der Waals surface area (Å²) in [6, 6.07) is 20.8. The highest BCUT2D eigenvalue weighted by atomic mass is 16.3. The molecule has 0 radical (unpaired) electrons. The van der Waals surface area contributed by atoms with Gasteiger partial charge in [-0.3, -0.25) is 24.4 Å². The predicted octanol–water partition coefficient (Wildman–Crippen LogP) is 4.49. The number of carbonyl (C=O) groups is 2. The summed E-state index contributed by atoms with van der Waals surface area (Å²) in [6.45, 7) is 6.24. The normalized spacial score (nSPS) is 22.9. The van der Waals surface area contributed by atoms with Crippen molar-refractivity contribution in [1.29, 1.82) is 0 Å². The summed E-state index contributed by atoms with van der Waals surface area (Å²) in [7, 11) is 0. The lowest BCUT2D eigenvalue weighted by molar-refractivity contribution is -0.133. The third-order valence-corrected chi connectivity index (χ3v) is 11.4. The number of amides is 2. The number of rotatable bonds is 12. The van der Waals surface area contributed by atoms with Gasteiger partial charge < -0.3 is 25.3 Å². The van der Waals surface area contributed by atoms with Crippen molar-refractivity contribution in [2.24, 2.45) is 5.92 Å². The molecular formula is C41H51N5O5. The van der Waals surface area contributed by atoms with Gasteiger partial charge in [-0.15, -0.1) is 0 Å². The van der Waals surface area contributed by atoms with Crippen molar-refractivity contribution < 1.29 is 24.2 Å². The molecule has 1 aliphatic heterocycles. The molecule has 2 aromatic heterocycles. The average molecular weight is 694 g/mol. The Labute approximate surface area is 300 Å². The number of carbonyl (C=O) groups excluding carboxylic acids is 2. The van der Waals surface area contributed by atoms with Crippen molar-refractivity contribution >= 4 is 22.8 Å². The zero-order valence-corrected chi connectivity index (χ0v) is 29.7. The highest BCUT2D eigenvalue weighted by Gasteiger charge is 2.42. The fourth-order valence-corrected chi connectivity index (χ4v) is 8.38. The molecule has 5 atom stereocenters. The van der Waals surface area contributed by atoms with Crippen LogP contribution < -0.4 is 10.6 Å². The molecular weight excluding hydrogens is 642 g/mol. The number of nitrogens with zero attached hydrogens (tertiary/aromatic N) is 3. The number of aliphatic hydroxyl groups excluding tert-OH is 2. The van der Waals surface area contributed by atoms with Crippen LogP contribution in [0.4, 0.5) is 0 Å². The molecule has 2 fully saturated rings. The predicted molar refractivity (Wildman–Crippen MR) is 196 cm³/mol. The lowest BCUT2D eigenvalue weighted by Crippen LogP contribution is -2.63. The fourth-order valence-electron chi connectivity index (χ4n) is 8.38. The van der Waals surface area contributed by atoms with Crippen LogP contribution in [-0.4, -0.2) is 87.3 Å². The molecule has 270 valence electrons. The number of hydrogen-bond acceptors (Lipinski definition) is 8. The Morgan fingerprint density at radius 2 is 1.78 bits per heavy atom. The molecule has 7 rings (SSSR count). The number of hydrogen-bond donors (Lipinski definition) is 4. The highest BCUT2D eigenvalue weighted by molar-refractivity contribution is 5.83. The lowest BCUT2D eigenvalue weighted by Gasteiger charge is -2.47. The summed E-state index contributed by atoms with van der Waals surface area (Å²) < 4.78 is 6.28. The molecule has 10 heteroatoms. The quantitative estimate of drug-likeness (QED) is 0.171. The molecule has 1 saturated carbocycles. The molecule has 1 saturated heterocycles. The number of furan rings is 1. The molecule has 51 heavy (non-hydrogen) atoms. The van der Waals surface area contributed by atoms with E-state index in [1.165, 1.54) is 0 Å². The van der Waals surface area contributed by atoms with Crippen molar-refractivity contribution in [3.8, 4) is 0 Å². The summed E-state index contributed by atoms with van der Waals surface area (Å²) in [5.41, 5.74) is 3.28. The minimum Gasteiger partial charge on any atom is -0.459 e. The number of nitrogens with one attached hydrogen (secondary N) is 2. The van der Waals surface area contributed by atoms with Gasteiger partial charge in [0.1, 0.15) is 17.4 Å². The largest absolute Gasteiger partial charge is 0.459 e. The number of pyridine rings is 1. The summed E-state index contributed by atoms with van der Waals surface area (Å²) in [4.78, 5) is 36.6. The molecule has 2 aromatic carbocycles. The van der Waals surface area contributed by atoms with E-state index >= 15 is 0 Å². The van der Waals surface area contributed by atoms with Crippen LogP contribution in [0.2, 0.25) is 0 Å². The van der Waals surface area contributed by atoms with E-state index in [4.69, 9.17) is 4.42 Å².